The van der Waals surface area contributed by atoms with E-state index in [4.69, 9.17) is 4.74 Å². The van der Waals surface area contributed by atoms with Gasteiger partial charge < -0.3 is 10.1 Å². The summed E-state index contributed by atoms with van der Waals surface area (Å²) in [4.78, 5) is 16.2. The van der Waals surface area contributed by atoms with E-state index in [2.05, 4.69) is 10.3 Å². The van der Waals surface area contributed by atoms with Crippen LogP contribution < -0.4 is 10.1 Å². The molecule has 3 rings (SSSR count). The number of aliphatic imine (C=N–C) groups is 1. The minimum absolute atomic E-state index is 0.0115. The number of thioether (sulfide) groups is 1. The van der Waals surface area contributed by atoms with Crippen LogP contribution in [0.1, 0.15) is 10.4 Å². The molecule has 1 aliphatic heterocycles. The molecule has 0 bridgehead atoms. The Labute approximate surface area is 137 Å². The van der Waals surface area contributed by atoms with Crippen LogP contribution in [0.15, 0.2) is 47.5 Å². The molecule has 4 nitrogen and oxygen atoms in total. The van der Waals surface area contributed by atoms with Crippen molar-refractivity contribution in [2.24, 2.45) is 4.99 Å². The number of nitrogens with zero attached hydrogens (tertiary/aromatic N) is 1. The Morgan fingerprint density at radius 2 is 1.96 bits per heavy atom. The lowest BCUT2D eigenvalue weighted by Crippen LogP contribution is -2.28. The summed E-state index contributed by atoms with van der Waals surface area (Å²) < 4.78 is 19.4. The van der Waals surface area contributed by atoms with Gasteiger partial charge in [-0.15, -0.1) is 0 Å². The SMILES string of the molecule is COc1ccc(-c2ccc(C(=O)NC3=NCCS3)c(F)c2)cc1. The molecule has 0 atom stereocenters. The lowest BCUT2D eigenvalue weighted by Gasteiger charge is -2.08. The van der Waals surface area contributed by atoms with Gasteiger partial charge in [0, 0.05) is 5.75 Å². The average molecular weight is 330 g/mol. The number of carbonyl (C=O) groups is 1. The van der Waals surface area contributed by atoms with Crippen LogP contribution >= 0.6 is 11.8 Å². The summed E-state index contributed by atoms with van der Waals surface area (Å²) in [6.45, 7) is 0.680. The molecule has 0 saturated carbocycles. The van der Waals surface area contributed by atoms with Gasteiger partial charge in [0.2, 0.25) is 0 Å². The number of hydrogen-bond donors (Lipinski definition) is 1. The van der Waals surface area contributed by atoms with E-state index in [0.29, 0.717) is 17.3 Å². The van der Waals surface area contributed by atoms with Crippen LogP contribution in [-0.2, 0) is 0 Å². The van der Waals surface area contributed by atoms with E-state index in [-0.39, 0.29) is 5.56 Å². The number of methoxy groups -OCH3 is 1. The molecule has 0 aromatic heterocycles. The molecule has 0 aliphatic carbocycles. The van der Waals surface area contributed by atoms with Crippen molar-refractivity contribution in [2.45, 2.75) is 0 Å². The Hall–Kier alpha value is -2.34. The third-order valence-corrected chi connectivity index (χ3v) is 4.33. The number of ether oxygens (including phenoxy) is 1. The second kappa shape index (κ2) is 6.83. The van der Waals surface area contributed by atoms with E-state index in [0.717, 1.165) is 17.1 Å². The van der Waals surface area contributed by atoms with Crippen molar-refractivity contribution in [3.63, 3.8) is 0 Å². The summed E-state index contributed by atoms with van der Waals surface area (Å²) in [6.07, 6.45) is 0. The molecule has 1 heterocycles. The van der Waals surface area contributed by atoms with Crippen molar-refractivity contribution in [3.05, 3.63) is 53.8 Å². The second-order valence-electron chi connectivity index (χ2n) is 4.91. The van der Waals surface area contributed by atoms with Crippen molar-refractivity contribution >= 4 is 22.8 Å². The number of amidine groups is 1. The Balaban J connectivity index is 1.80. The molecule has 1 amide bonds. The van der Waals surface area contributed by atoms with Crippen LogP contribution in [0.5, 0.6) is 5.75 Å². The van der Waals surface area contributed by atoms with Crippen LogP contribution in [0.4, 0.5) is 4.39 Å². The molecule has 118 valence electrons. The van der Waals surface area contributed by atoms with Crippen molar-refractivity contribution < 1.29 is 13.9 Å². The zero-order chi connectivity index (χ0) is 16.2. The summed E-state index contributed by atoms with van der Waals surface area (Å²) in [5.41, 5.74) is 1.57. The highest BCUT2D eigenvalue weighted by Crippen LogP contribution is 2.24. The van der Waals surface area contributed by atoms with E-state index in [9.17, 15) is 9.18 Å². The zero-order valence-corrected chi connectivity index (χ0v) is 13.3. The highest BCUT2D eigenvalue weighted by atomic mass is 32.2. The Kier molecular flexibility index (Phi) is 4.62. The second-order valence-corrected chi connectivity index (χ2v) is 6.00. The fraction of sp³-hybridized carbons (Fsp3) is 0.176. The van der Waals surface area contributed by atoms with Gasteiger partial charge in [0.1, 0.15) is 11.6 Å². The monoisotopic (exact) mass is 330 g/mol. The molecule has 0 unspecified atom stereocenters. The largest absolute Gasteiger partial charge is 0.497 e. The number of carbonyl (C=O) groups excluding carboxylic acids is 1. The summed E-state index contributed by atoms with van der Waals surface area (Å²) in [5, 5.41) is 3.18. The van der Waals surface area contributed by atoms with Gasteiger partial charge in [-0.25, -0.2) is 4.39 Å². The Bertz CT molecular complexity index is 760. The summed E-state index contributed by atoms with van der Waals surface area (Å²) >= 11 is 1.46. The molecule has 0 fully saturated rings. The molecule has 1 N–H and O–H groups in total. The first kappa shape index (κ1) is 15.6. The first-order chi connectivity index (χ1) is 11.2. The van der Waals surface area contributed by atoms with Crippen molar-refractivity contribution in [2.75, 3.05) is 19.4 Å². The average Bonchev–Trinajstić information content (AvgIpc) is 3.07. The third-order valence-electron chi connectivity index (χ3n) is 3.44. The van der Waals surface area contributed by atoms with Crippen LogP contribution in [0.2, 0.25) is 0 Å². The molecular weight excluding hydrogens is 315 g/mol. The number of nitrogens with one attached hydrogen (secondary N) is 1. The molecule has 0 radical (unpaired) electrons. The first-order valence-electron chi connectivity index (χ1n) is 7.10. The maximum atomic E-state index is 14.3. The fourth-order valence-corrected chi connectivity index (χ4v) is 2.96. The molecule has 0 spiro atoms. The summed E-state index contributed by atoms with van der Waals surface area (Å²) in [7, 11) is 1.59. The third kappa shape index (κ3) is 3.53. The van der Waals surface area contributed by atoms with Gasteiger partial charge in [-0.2, -0.15) is 0 Å². The van der Waals surface area contributed by atoms with E-state index in [1.54, 1.807) is 13.2 Å². The van der Waals surface area contributed by atoms with E-state index in [1.807, 2.05) is 24.3 Å². The predicted octanol–water partition coefficient (Wildman–Crippen LogP) is 3.33. The van der Waals surface area contributed by atoms with Crippen LogP contribution in [-0.4, -0.2) is 30.5 Å². The van der Waals surface area contributed by atoms with E-state index in [1.165, 1.54) is 23.9 Å². The quantitative estimate of drug-likeness (QED) is 0.939. The van der Waals surface area contributed by atoms with Gasteiger partial charge in [-0.05, 0) is 35.4 Å². The molecule has 1 aliphatic rings. The summed E-state index contributed by atoms with van der Waals surface area (Å²) in [5.74, 6) is 0.547. The van der Waals surface area contributed by atoms with Gasteiger partial charge in [0.05, 0.1) is 19.2 Å². The van der Waals surface area contributed by atoms with Crippen LogP contribution in [0.25, 0.3) is 11.1 Å². The number of amides is 1. The maximum absolute atomic E-state index is 14.3. The first-order valence-corrected chi connectivity index (χ1v) is 8.08. The van der Waals surface area contributed by atoms with E-state index >= 15 is 0 Å². The maximum Gasteiger partial charge on any atom is 0.260 e. The molecule has 0 saturated heterocycles. The number of rotatable bonds is 3. The van der Waals surface area contributed by atoms with Crippen molar-refractivity contribution in [1.29, 1.82) is 0 Å². The van der Waals surface area contributed by atoms with Crippen LogP contribution in [0.3, 0.4) is 0 Å². The van der Waals surface area contributed by atoms with E-state index < -0.39 is 11.7 Å². The van der Waals surface area contributed by atoms with Gasteiger partial charge >= 0.3 is 0 Å². The highest BCUT2D eigenvalue weighted by Gasteiger charge is 2.16. The summed E-state index contributed by atoms with van der Waals surface area (Å²) in [6, 6.07) is 11.9. The molecule has 6 heteroatoms. The molecular formula is C17H15FN2O2S. The van der Waals surface area contributed by atoms with Crippen LogP contribution in [0, 0.1) is 5.82 Å². The number of hydrogen-bond acceptors (Lipinski definition) is 4. The predicted molar refractivity (Wildman–Crippen MR) is 90.6 cm³/mol. The Morgan fingerprint density at radius 3 is 2.57 bits per heavy atom. The highest BCUT2D eigenvalue weighted by molar-refractivity contribution is 8.14. The smallest absolute Gasteiger partial charge is 0.260 e. The standard InChI is InChI=1S/C17H15FN2O2S/c1-22-13-5-2-11(3-6-13)12-4-7-14(15(18)10-12)16(21)20-17-19-8-9-23-17/h2-7,10H,8-9H2,1H3,(H,19,20,21). The minimum atomic E-state index is -0.556. The minimum Gasteiger partial charge on any atom is -0.497 e. The fourth-order valence-electron chi connectivity index (χ4n) is 2.24. The Morgan fingerprint density at radius 1 is 1.22 bits per heavy atom. The van der Waals surface area contributed by atoms with Gasteiger partial charge in [-0.3, -0.25) is 9.79 Å². The molecule has 23 heavy (non-hydrogen) atoms. The van der Waals surface area contributed by atoms with Gasteiger partial charge in [-0.1, -0.05) is 30.0 Å². The number of benzene rings is 2. The lowest BCUT2D eigenvalue weighted by molar-refractivity contribution is 0.0974. The number of halogens is 1. The molecule has 2 aromatic carbocycles. The van der Waals surface area contributed by atoms with Crippen molar-refractivity contribution in [3.8, 4) is 16.9 Å². The molecule has 2 aromatic rings. The lowest BCUT2D eigenvalue weighted by atomic mass is 10.0. The zero-order valence-electron chi connectivity index (χ0n) is 12.5. The van der Waals surface area contributed by atoms with Gasteiger partial charge in [0.25, 0.3) is 5.91 Å². The van der Waals surface area contributed by atoms with Gasteiger partial charge in [0.15, 0.2) is 5.17 Å². The normalized spacial score (nSPS) is 13.6. The van der Waals surface area contributed by atoms with Crippen molar-refractivity contribution in [1.82, 2.24) is 5.32 Å². The topological polar surface area (TPSA) is 50.7 Å².